The van der Waals surface area contributed by atoms with E-state index < -0.39 is 0 Å². The average Bonchev–Trinajstić information content (AvgIpc) is 2.81. The second-order valence-electron chi connectivity index (χ2n) is 5.33. The maximum atomic E-state index is 9.81. The molecule has 0 radical (unpaired) electrons. The number of aliphatic hydroxyl groups is 1. The van der Waals surface area contributed by atoms with Crippen LogP contribution in [-0.4, -0.2) is 17.0 Å². The van der Waals surface area contributed by atoms with Gasteiger partial charge in [-0.1, -0.05) is 27.2 Å². The van der Waals surface area contributed by atoms with E-state index >= 15 is 0 Å². The molecular weight excluding hydrogens is 204 g/mol. The van der Waals surface area contributed by atoms with Crippen LogP contribution in [0.5, 0.6) is 0 Å². The maximum absolute atomic E-state index is 9.81. The predicted molar refractivity (Wildman–Crippen MR) is 69.3 cm³/mol. The van der Waals surface area contributed by atoms with Gasteiger partial charge >= 0.3 is 0 Å². The van der Waals surface area contributed by atoms with Crippen molar-refractivity contribution in [3.63, 3.8) is 0 Å². The second-order valence-corrected chi connectivity index (χ2v) is 5.78. The van der Waals surface area contributed by atoms with E-state index in [9.17, 15) is 5.11 Å². The Bertz CT molecular complexity index is 181. The standard InChI is InChI=1S/C13H26OS/c1-4-10(9(2)3)8-12-11(13(12)14)6-5-7-15/h9-15H,4-8H2,1-3H3/t10?,11?,12?,13-/m1/s1. The molecular formula is C13H26OS. The number of hydrogen-bond acceptors (Lipinski definition) is 2. The third-order valence-electron chi connectivity index (χ3n) is 4.02. The number of hydrogen-bond donors (Lipinski definition) is 2. The minimum Gasteiger partial charge on any atom is -0.393 e. The molecule has 0 heterocycles. The van der Waals surface area contributed by atoms with E-state index in [0.29, 0.717) is 11.8 Å². The molecule has 1 aliphatic rings. The summed E-state index contributed by atoms with van der Waals surface area (Å²) in [6.45, 7) is 6.86. The van der Waals surface area contributed by atoms with Crippen molar-refractivity contribution in [3.05, 3.63) is 0 Å². The summed E-state index contributed by atoms with van der Waals surface area (Å²) in [5.74, 6) is 3.69. The smallest absolute Gasteiger partial charge is 0.0603 e. The molecule has 1 fully saturated rings. The largest absolute Gasteiger partial charge is 0.393 e. The van der Waals surface area contributed by atoms with Gasteiger partial charge in [0.2, 0.25) is 0 Å². The first-order valence-corrected chi connectivity index (χ1v) is 7.04. The summed E-state index contributed by atoms with van der Waals surface area (Å²) in [7, 11) is 0. The van der Waals surface area contributed by atoms with E-state index in [2.05, 4.69) is 33.4 Å². The molecule has 0 aromatic carbocycles. The lowest BCUT2D eigenvalue weighted by Gasteiger charge is -2.18. The lowest BCUT2D eigenvalue weighted by atomic mass is 9.87. The van der Waals surface area contributed by atoms with Crippen LogP contribution in [0.2, 0.25) is 0 Å². The van der Waals surface area contributed by atoms with Gasteiger partial charge in [0.25, 0.3) is 0 Å². The topological polar surface area (TPSA) is 20.2 Å². The van der Waals surface area contributed by atoms with Gasteiger partial charge in [0.1, 0.15) is 0 Å². The van der Waals surface area contributed by atoms with Gasteiger partial charge in [0.05, 0.1) is 6.10 Å². The number of thiol groups is 1. The van der Waals surface area contributed by atoms with Gasteiger partial charge in [-0.2, -0.15) is 12.6 Å². The molecule has 3 unspecified atom stereocenters. The maximum Gasteiger partial charge on any atom is 0.0603 e. The van der Waals surface area contributed by atoms with Gasteiger partial charge < -0.3 is 5.11 Å². The first-order valence-electron chi connectivity index (χ1n) is 6.40. The van der Waals surface area contributed by atoms with E-state index in [1.165, 1.54) is 19.3 Å². The lowest BCUT2D eigenvalue weighted by Crippen LogP contribution is -2.09. The van der Waals surface area contributed by atoms with Crippen molar-refractivity contribution >= 4 is 12.6 Å². The fraction of sp³-hybridized carbons (Fsp3) is 1.00. The molecule has 0 aromatic heterocycles. The van der Waals surface area contributed by atoms with E-state index in [1.807, 2.05) is 0 Å². The van der Waals surface area contributed by atoms with Crippen molar-refractivity contribution in [2.75, 3.05) is 5.75 Å². The van der Waals surface area contributed by atoms with E-state index in [4.69, 9.17) is 0 Å². The van der Waals surface area contributed by atoms with Crippen LogP contribution in [0.1, 0.15) is 46.5 Å². The van der Waals surface area contributed by atoms with Crippen LogP contribution in [-0.2, 0) is 0 Å². The fourth-order valence-corrected chi connectivity index (χ4v) is 2.89. The molecule has 1 saturated carbocycles. The molecule has 2 heteroatoms. The van der Waals surface area contributed by atoms with Gasteiger partial charge in [-0.15, -0.1) is 0 Å². The summed E-state index contributed by atoms with van der Waals surface area (Å²) in [6, 6.07) is 0. The lowest BCUT2D eigenvalue weighted by molar-refractivity contribution is 0.230. The molecule has 1 aliphatic carbocycles. The van der Waals surface area contributed by atoms with Gasteiger partial charge in [-0.05, 0) is 48.7 Å². The van der Waals surface area contributed by atoms with Crippen LogP contribution >= 0.6 is 12.6 Å². The Kier molecular flexibility index (Phi) is 5.48. The molecule has 0 spiro atoms. The average molecular weight is 230 g/mol. The van der Waals surface area contributed by atoms with Gasteiger partial charge in [-0.3, -0.25) is 0 Å². The third kappa shape index (κ3) is 3.67. The molecule has 1 nitrogen and oxygen atoms in total. The Morgan fingerprint density at radius 2 is 1.93 bits per heavy atom. The highest BCUT2D eigenvalue weighted by Crippen LogP contribution is 2.47. The van der Waals surface area contributed by atoms with E-state index in [-0.39, 0.29) is 6.10 Å². The van der Waals surface area contributed by atoms with Crippen LogP contribution in [0.15, 0.2) is 0 Å². The quantitative estimate of drug-likeness (QED) is 0.643. The van der Waals surface area contributed by atoms with Crippen LogP contribution in [0.4, 0.5) is 0 Å². The van der Waals surface area contributed by atoms with Crippen molar-refractivity contribution in [1.82, 2.24) is 0 Å². The van der Waals surface area contributed by atoms with Crippen molar-refractivity contribution in [1.29, 1.82) is 0 Å². The molecule has 90 valence electrons. The van der Waals surface area contributed by atoms with E-state index in [0.717, 1.165) is 24.0 Å². The number of rotatable bonds is 7. The molecule has 1 rings (SSSR count). The Morgan fingerprint density at radius 3 is 2.40 bits per heavy atom. The zero-order chi connectivity index (χ0) is 11.4. The van der Waals surface area contributed by atoms with Crippen molar-refractivity contribution < 1.29 is 5.11 Å². The molecule has 0 amide bonds. The summed E-state index contributed by atoms with van der Waals surface area (Å²) >= 11 is 4.22. The highest BCUT2D eigenvalue weighted by atomic mass is 32.1. The minimum atomic E-state index is -0.00215. The summed E-state index contributed by atoms with van der Waals surface area (Å²) in [6.07, 6.45) is 4.80. The molecule has 1 N–H and O–H groups in total. The monoisotopic (exact) mass is 230 g/mol. The molecule has 15 heavy (non-hydrogen) atoms. The van der Waals surface area contributed by atoms with Crippen LogP contribution in [0.3, 0.4) is 0 Å². The Hall–Kier alpha value is 0.310. The first kappa shape index (κ1) is 13.4. The fourth-order valence-electron chi connectivity index (χ4n) is 2.71. The minimum absolute atomic E-state index is 0.00215. The summed E-state index contributed by atoms with van der Waals surface area (Å²) in [5.41, 5.74) is 0. The van der Waals surface area contributed by atoms with E-state index in [1.54, 1.807) is 0 Å². The highest BCUT2D eigenvalue weighted by molar-refractivity contribution is 7.80. The first-order chi connectivity index (χ1) is 7.11. The Morgan fingerprint density at radius 1 is 1.27 bits per heavy atom. The molecule has 0 aromatic rings. The van der Waals surface area contributed by atoms with Gasteiger partial charge in [-0.25, -0.2) is 0 Å². The normalized spacial score (nSPS) is 32.0. The van der Waals surface area contributed by atoms with Crippen LogP contribution in [0, 0.1) is 23.7 Å². The molecule has 4 atom stereocenters. The third-order valence-corrected chi connectivity index (χ3v) is 4.34. The van der Waals surface area contributed by atoms with Crippen LogP contribution < -0.4 is 0 Å². The molecule has 0 bridgehead atoms. The zero-order valence-corrected chi connectivity index (χ0v) is 11.2. The van der Waals surface area contributed by atoms with Crippen molar-refractivity contribution in [3.8, 4) is 0 Å². The zero-order valence-electron chi connectivity index (χ0n) is 10.3. The summed E-state index contributed by atoms with van der Waals surface area (Å²) in [5, 5.41) is 9.81. The highest BCUT2D eigenvalue weighted by Gasteiger charge is 2.48. The van der Waals surface area contributed by atoms with Gasteiger partial charge in [0, 0.05) is 0 Å². The Balaban J connectivity index is 2.28. The Labute approximate surface area is 100 Å². The van der Waals surface area contributed by atoms with Crippen molar-refractivity contribution in [2.24, 2.45) is 23.7 Å². The SMILES string of the molecule is CCC(CC1C(CCCS)[C@H]1O)C(C)C. The summed E-state index contributed by atoms with van der Waals surface area (Å²) < 4.78 is 0. The summed E-state index contributed by atoms with van der Waals surface area (Å²) in [4.78, 5) is 0. The second kappa shape index (κ2) is 6.15. The van der Waals surface area contributed by atoms with Crippen molar-refractivity contribution in [2.45, 2.75) is 52.6 Å². The van der Waals surface area contributed by atoms with Crippen LogP contribution in [0.25, 0.3) is 0 Å². The molecule has 0 saturated heterocycles. The molecule has 0 aliphatic heterocycles. The van der Waals surface area contributed by atoms with Gasteiger partial charge in [0.15, 0.2) is 0 Å². The number of aliphatic hydroxyl groups excluding tert-OH is 1. The predicted octanol–water partition coefficient (Wildman–Crippen LogP) is 3.38.